The van der Waals surface area contributed by atoms with Crippen LogP contribution in [-0.2, 0) is 17.9 Å². The van der Waals surface area contributed by atoms with Gasteiger partial charge in [-0.25, -0.2) is 0 Å². The summed E-state index contributed by atoms with van der Waals surface area (Å²) in [5.41, 5.74) is 4.05. The summed E-state index contributed by atoms with van der Waals surface area (Å²) in [6, 6.07) is 9.64. The number of hydrogen-bond donors (Lipinski definition) is 0. The summed E-state index contributed by atoms with van der Waals surface area (Å²) in [5, 5.41) is 9.45. The zero-order valence-electron chi connectivity index (χ0n) is 15.3. The molecule has 0 saturated heterocycles. The monoisotopic (exact) mass is 336 g/mol. The van der Waals surface area contributed by atoms with E-state index in [2.05, 4.69) is 16.5 Å². The van der Waals surface area contributed by atoms with Gasteiger partial charge in [-0.15, -0.1) is 0 Å². The molecule has 0 saturated carbocycles. The molecular formula is C20H24N4O. The average molecular weight is 336 g/mol. The van der Waals surface area contributed by atoms with E-state index in [0.717, 1.165) is 35.6 Å². The van der Waals surface area contributed by atoms with Gasteiger partial charge in [0.1, 0.15) is 11.6 Å². The topological polar surface area (TPSA) is 61.9 Å². The van der Waals surface area contributed by atoms with Gasteiger partial charge in [0.2, 0.25) is 0 Å². The van der Waals surface area contributed by atoms with Crippen molar-refractivity contribution in [3.05, 3.63) is 58.7 Å². The maximum atomic E-state index is 12.6. The van der Waals surface area contributed by atoms with E-state index in [9.17, 15) is 10.1 Å². The molecule has 0 aliphatic heterocycles. The molecule has 5 nitrogen and oxygen atoms in total. The fraction of sp³-hybridized carbons (Fsp3) is 0.350. The Labute approximate surface area is 149 Å². The Hall–Kier alpha value is -2.87. The smallest absolute Gasteiger partial charge is 0.264 e. The SMILES string of the molecule is CCCn1c(C)cc(/C=C(\C#N)C(=O)N(C)Cc2ccccn2)c1C. The van der Waals surface area contributed by atoms with Crippen LogP contribution in [-0.4, -0.2) is 27.4 Å². The van der Waals surface area contributed by atoms with Crippen molar-refractivity contribution in [2.24, 2.45) is 0 Å². The molecule has 0 N–H and O–H groups in total. The van der Waals surface area contributed by atoms with Gasteiger partial charge in [0.25, 0.3) is 5.91 Å². The molecule has 0 fully saturated rings. The minimum absolute atomic E-state index is 0.134. The fourth-order valence-electron chi connectivity index (χ4n) is 2.85. The highest BCUT2D eigenvalue weighted by molar-refractivity contribution is 6.01. The second-order valence-electron chi connectivity index (χ2n) is 6.13. The van der Waals surface area contributed by atoms with Crippen molar-refractivity contribution >= 4 is 12.0 Å². The standard InChI is InChI=1S/C20H24N4O/c1-5-10-24-15(2)11-17(16(24)3)12-18(13-21)20(25)23(4)14-19-8-6-7-9-22-19/h6-9,11-12H,5,10,14H2,1-4H3/b18-12+. The molecule has 2 aromatic heterocycles. The highest BCUT2D eigenvalue weighted by Gasteiger charge is 2.17. The van der Waals surface area contributed by atoms with E-state index in [4.69, 9.17) is 0 Å². The normalized spacial score (nSPS) is 11.2. The predicted octanol–water partition coefficient (Wildman–Crippen LogP) is 3.48. The molecule has 2 rings (SSSR count). The summed E-state index contributed by atoms with van der Waals surface area (Å²) in [6.45, 7) is 7.49. The molecule has 0 radical (unpaired) electrons. The highest BCUT2D eigenvalue weighted by atomic mass is 16.2. The van der Waals surface area contributed by atoms with E-state index in [-0.39, 0.29) is 11.5 Å². The number of hydrogen-bond acceptors (Lipinski definition) is 3. The van der Waals surface area contributed by atoms with Crippen LogP contribution in [0.2, 0.25) is 0 Å². The van der Waals surface area contributed by atoms with Crippen molar-refractivity contribution < 1.29 is 4.79 Å². The first-order valence-electron chi connectivity index (χ1n) is 8.41. The molecule has 25 heavy (non-hydrogen) atoms. The van der Waals surface area contributed by atoms with Crippen LogP contribution in [0.4, 0.5) is 0 Å². The number of rotatable bonds is 6. The number of likely N-dealkylation sites (N-methyl/N-ethyl adjacent to an activating group) is 1. The van der Waals surface area contributed by atoms with Crippen LogP contribution in [0.3, 0.4) is 0 Å². The van der Waals surface area contributed by atoms with Crippen LogP contribution in [0.1, 0.15) is 36.0 Å². The molecule has 0 aliphatic carbocycles. The molecule has 5 heteroatoms. The Balaban J connectivity index is 2.24. The van der Waals surface area contributed by atoms with Crippen LogP contribution in [0, 0.1) is 25.2 Å². The fourth-order valence-corrected chi connectivity index (χ4v) is 2.85. The number of aromatic nitrogens is 2. The zero-order chi connectivity index (χ0) is 18.4. The van der Waals surface area contributed by atoms with E-state index >= 15 is 0 Å². The lowest BCUT2D eigenvalue weighted by atomic mass is 10.1. The van der Waals surface area contributed by atoms with E-state index in [1.54, 1.807) is 19.3 Å². The summed E-state index contributed by atoms with van der Waals surface area (Å²) in [7, 11) is 1.68. The Morgan fingerprint density at radius 3 is 2.76 bits per heavy atom. The third kappa shape index (κ3) is 4.36. The number of carbonyl (C=O) groups excluding carboxylic acids is 1. The van der Waals surface area contributed by atoms with Gasteiger partial charge in [-0.3, -0.25) is 9.78 Å². The Kier molecular flexibility index (Phi) is 6.13. The molecule has 0 aromatic carbocycles. The van der Waals surface area contributed by atoms with Gasteiger partial charge in [-0.05, 0) is 50.1 Å². The first kappa shape index (κ1) is 18.5. The Morgan fingerprint density at radius 1 is 1.40 bits per heavy atom. The van der Waals surface area contributed by atoms with E-state index < -0.39 is 0 Å². The second-order valence-corrected chi connectivity index (χ2v) is 6.13. The molecule has 130 valence electrons. The van der Waals surface area contributed by atoms with Crippen molar-refractivity contribution in [1.29, 1.82) is 5.26 Å². The average Bonchev–Trinajstić information content (AvgIpc) is 2.87. The minimum Gasteiger partial charge on any atom is -0.349 e. The summed E-state index contributed by atoms with van der Waals surface area (Å²) < 4.78 is 2.21. The van der Waals surface area contributed by atoms with E-state index in [0.29, 0.717) is 6.54 Å². The van der Waals surface area contributed by atoms with Gasteiger partial charge in [-0.1, -0.05) is 13.0 Å². The molecule has 2 heterocycles. The summed E-state index contributed by atoms with van der Waals surface area (Å²) in [5.74, 6) is -0.298. The zero-order valence-corrected chi connectivity index (χ0v) is 15.3. The third-order valence-corrected chi connectivity index (χ3v) is 4.18. The summed E-state index contributed by atoms with van der Waals surface area (Å²) in [6.07, 6.45) is 4.42. The third-order valence-electron chi connectivity index (χ3n) is 4.18. The van der Waals surface area contributed by atoms with Gasteiger partial charge in [0.05, 0.1) is 12.2 Å². The van der Waals surface area contributed by atoms with E-state index in [1.165, 1.54) is 4.90 Å². The van der Waals surface area contributed by atoms with Crippen molar-refractivity contribution in [3.63, 3.8) is 0 Å². The van der Waals surface area contributed by atoms with Crippen LogP contribution in [0.25, 0.3) is 6.08 Å². The quantitative estimate of drug-likeness (QED) is 0.599. The van der Waals surface area contributed by atoms with Gasteiger partial charge in [-0.2, -0.15) is 5.26 Å². The molecule has 0 atom stereocenters. The van der Waals surface area contributed by atoms with Gasteiger partial charge >= 0.3 is 0 Å². The van der Waals surface area contributed by atoms with Crippen LogP contribution in [0.5, 0.6) is 0 Å². The van der Waals surface area contributed by atoms with Gasteiger partial charge in [0, 0.05) is 31.2 Å². The highest BCUT2D eigenvalue weighted by Crippen LogP contribution is 2.19. The maximum Gasteiger partial charge on any atom is 0.264 e. The van der Waals surface area contributed by atoms with Crippen LogP contribution >= 0.6 is 0 Å². The molecule has 0 spiro atoms. The summed E-state index contributed by atoms with van der Waals surface area (Å²) in [4.78, 5) is 18.3. The number of nitriles is 1. The van der Waals surface area contributed by atoms with Crippen molar-refractivity contribution in [3.8, 4) is 6.07 Å². The van der Waals surface area contributed by atoms with Crippen molar-refractivity contribution in [1.82, 2.24) is 14.5 Å². The Bertz CT molecular complexity index is 812. The minimum atomic E-state index is -0.298. The van der Waals surface area contributed by atoms with Gasteiger partial charge < -0.3 is 9.47 Å². The largest absolute Gasteiger partial charge is 0.349 e. The number of nitrogens with zero attached hydrogens (tertiary/aromatic N) is 4. The molecule has 0 bridgehead atoms. The number of pyridine rings is 1. The lowest BCUT2D eigenvalue weighted by molar-refractivity contribution is -0.125. The number of amides is 1. The lowest BCUT2D eigenvalue weighted by Gasteiger charge is -2.16. The molecule has 1 amide bonds. The van der Waals surface area contributed by atoms with Crippen molar-refractivity contribution in [2.75, 3.05) is 7.05 Å². The number of carbonyl (C=O) groups is 1. The van der Waals surface area contributed by atoms with Crippen LogP contribution < -0.4 is 0 Å². The molecular weight excluding hydrogens is 312 g/mol. The van der Waals surface area contributed by atoms with E-state index in [1.807, 2.05) is 44.2 Å². The second kappa shape index (κ2) is 8.29. The predicted molar refractivity (Wildman–Crippen MR) is 98.5 cm³/mol. The molecule has 0 unspecified atom stereocenters. The van der Waals surface area contributed by atoms with Crippen LogP contribution in [0.15, 0.2) is 36.0 Å². The lowest BCUT2D eigenvalue weighted by Crippen LogP contribution is -2.27. The summed E-state index contributed by atoms with van der Waals surface area (Å²) >= 11 is 0. The van der Waals surface area contributed by atoms with Gasteiger partial charge in [0.15, 0.2) is 0 Å². The molecule has 2 aromatic rings. The number of aryl methyl sites for hydroxylation is 1. The Morgan fingerprint density at radius 2 is 2.16 bits per heavy atom. The maximum absolute atomic E-state index is 12.6. The molecule has 0 aliphatic rings. The first-order valence-corrected chi connectivity index (χ1v) is 8.41. The van der Waals surface area contributed by atoms with Crippen molar-refractivity contribution in [2.45, 2.75) is 40.3 Å². The first-order chi connectivity index (χ1) is 12.0.